The predicted octanol–water partition coefficient (Wildman–Crippen LogP) is 0.821. The normalized spacial score (nSPS) is 12.8. The Bertz CT molecular complexity index is 455. The average molecular weight is 256 g/mol. The van der Waals surface area contributed by atoms with Crippen LogP contribution in [0.5, 0.6) is 0 Å². The van der Waals surface area contributed by atoms with Crippen molar-refractivity contribution < 1.29 is 25.8 Å². The van der Waals surface area contributed by atoms with Gasteiger partial charge in [0.25, 0.3) is 0 Å². The van der Waals surface area contributed by atoms with Crippen molar-refractivity contribution in [2.45, 2.75) is 12.8 Å². The Morgan fingerprint density at radius 2 is 2.00 bits per heavy atom. The number of aromatic nitrogens is 1. The molecule has 0 aromatic carbocycles. The van der Waals surface area contributed by atoms with Gasteiger partial charge in [-0.1, -0.05) is 0 Å². The van der Waals surface area contributed by atoms with Crippen molar-refractivity contribution in [2.24, 2.45) is 5.14 Å². The average Bonchev–Trinajstić information content (AvgIpc) is 2.13. The van der Waals surface area contributed by atoms with Crippen LogP contribution < -0.4 is 5.14 Å². The van der Waals surface area contributed by atoms with Crippen molar-refractivity contribution in [3.8, 4) is 0 Å². The molecule has 1 aromatic rings. The summed E-state index contributed by atoms with van der Waals surface area (Å²) in [6.45, 7) is -0.503. The Hall–Kier alpha value is -1.19. The van der Waals surface area contributed by atoms with Crippen molar-refractivity contribution in [1.29, 1.82) is 0 Å². The van der Waals surface area contributed by atoms with E-state index in [1.165, 1.54) is 0 Å². The molecule has 0 fully saturated rings. The third-order valence-corrected chi connectivity index (χ3v) is 1.97. The summed E-state index contributed by atoms with van der Waals surface area (Å²) >= 11 is 0. The van der Waals surface area contributed by atoms with Crippen LogP contribution >= 0.6 is 0 Å². The lowest BCUT2D eigenvalue weighted by Crippen LogP contribution is -2.16. The first-order chi connectivity index (χ1) is 7.18. The summed E-state index contributed by atoms with van der Waals surface area (Å²) in [6.07, 6.45) is -3.89. The molecule has 0 amide bonds. The highest BCUT2D eigenvalue weighted by molar-refractivity contribution is 7.84. The van der Waals surface area contributed by atoms with E-state index in [0.717, 1.165) is 12.1 Å². The minimum Gasteiger partial charge on any atom is -0.258 e. The lowest BCUT2D eigenvalue weighted by Gasteiger charge is -2.06. The van der Waals surface area contributed by atoms with E-state index in [0.29, 0.717) is 6.20 Å². The minimum absolute atomic E-state index is 0.0297. The van der Waals surface area contributed by atoms with Gasteiger partial charge in [0.05, 0.1) is 11.3 Å². The molecular weight excluding hydrogens is 249 g/mol. The first kappa shape index (κ1) is 12.9. The van der Waals surface area contributed by atoms with Crippen molar-refractivity contribution in [3.63, 3.8) is 0 Å². The molecule has 1 rings (SSSR count). The molecule has 0 bridgehead atoms. The summed E-state index contributed by atoms with van der Waals surface area (Å²) in [6, 6.07) is 1.78. The van der Waals surface area contributed by atoms with E-state index in [4.69, 9.17) is 0 Å². The number of hydrogen-bond donors (Lipinski definition) is 1. The fourth-order valence-electron chi connectivity index (χ4n) is 0.820. The minimum atomic E-state index is -4.48. The molecule has 16 heavy (non-hydrogen) atoms. The van der Waals surface area contributed by atoms with Gasteiger partial charge in [0, 0.05) is 6.20 Å². The molecule has 90 valence electrons. The smallest absolute Gasteiger partial charge is 0.258 e. The Balaban J connectivity index is 2.73. The standard InChI is InChI=1S/C7H7F3N2O3S/c8-7(9,10)5-1-2-6(12-3-5)4-15-16(11,13)14/h1-3H,4H2,(H2,11,13,14). The van der Waals surface area contributed by atoms with Crippen LogP contribution in [0.1, 0.15) is 11.3 Å². The molecule has 1 heterocycles. The maximum atomic E-state index is 12.1. The topological polar surface area (TPSA) is 82.3 Å². The van der Waals surface area contributed by atoms with Gasteiger partial charge in [0.1, 0.15) is 6.61 Å². The number of rotatable bonds is 3. The lowest BCUT2D eigenvalue weighted by molar-refractivity contribution is -0.137. The highest BCUT2D eigenvalue weighted by Crippen LogP contribution is 2.28. The highest BCUT2D eigenvalue weighted by atomic mass is 32.2. The van der Waals surface area contributed by atoms with Gasteiger partial charge in [-0.2, -0.15) is 21.6 Å². The van der Waals surface area contributed by atoms with Crippen LogP contribution in [0, 0.1) is 0 Å². The van der Waals surface area contributed by atoms with Crippen molar-refractivity contribution in [1.82, 2.24) is 4.98 Å². The number of alkyl halides is 3. The molecule has 0 saturated heterocycles. The maximum Gasteiger partial charge on any atom is 0.417 e. The van der Waals surface area contributed by atoms with Crippen LogP contribution in [0.25, 0.3) is 0 Å². The molecule has 0 aliphatic carbocycles. The molecule has 0 atom stereocenters. The quantitative estimate of drug-likeness (QED) is 0.867. The van der Waals surface area contributed by atoms with Crippen LogP contribution in [0.3, 0.4) is 0 Å². The van der Waals surface area contributed by atoms with Gasteiger partial charge in [0.15, 0.2) is 0 Å². The summed E-state index contributed by atoms with van der Waals surface area (Å²) in [5, 5.41) is 4.52. The fraction of sp³-hybridized carbons (Fsp3) is 0.286. The van der Waals surface area contributed by atoms with Gasteiger partial charge >= 0.3 is 16.5 Å². The van der Waals surface area contributed by atoms with E-state index >= 15 is 0 Å². The monoisotopic (exact) mass is 256 g/mol. The Labute approximate surface area is 89.3 Å². The van der Waals surface area contributed by atoms with Gasteiger partial charge in [-0.05, 0) is 12.1 Å². The van der Waals surface area contributed by atoms with Gasteiger partial charge < -0.3 is 0 Å². The van der Waals surface area contributed by atoms with Crippen LogP contribution in [0.15, 0.2) is 18.3 Å². The molecule has 5 nitrogen and oxygen atoms in total. The number of pyridine rings is 1. The first-order valence-corrected chi connectivity index (χ1v) is 5.35. The van der Waals surface area contributed by atoms with Crippen LogP contribution in [0.2, 0.25) is 0 Å². The summed E-state index contributed by atoms with van der Waals surface area (Å²) in [5.74, 6) is 0. The molecule has 0 spiro atoms. The second-order valence-corrected chi connectivity index (χ2v) is 4.01. The van der Waals surface area contributed by atoms with Crippen molar-refractivity contribution in [3.05, 3.63) is 29.6 Å². The molecule has 0 saturated carbocycles. The van der Waals surface area contributed by atoms with Gasteiger partial charge in [-0.25, -0.2) is 5.14 Å². The Morgan fingerprint density at radius 3 is 2.38 bits per heavy atom. The zero-order chi connectivity index (χ0) is 12.4. The van der Waals surface area contributed by atoms with E-state index in [2.05, 4.69) is 14.3 Å². The van der Waals surface area contributed by atoms with Crippen LogP contribution in [0.4, 0.5) is 13.2 Å². The van der Waals surface area contributed by atoms with Crippen LogP contribution in [-0.2, 0) is 27.3 Å². The first-order valence-electron chi connectivity index (χ1n) is 3.88. The number of hydrogen-bond acceptors (Lipinski definition) is 4. The van der Waals surface area contributed by atoms with E-state index in [1.54, 1.807) is 0 Å². The molecule has 9 heteroatoms. The molecule has 2 N–H and O–H groups in total. The van der Waals surface area contributed by atoms with Gasteiger partial charge in [-0.15, -0.1) is 0 Å². The molecule has 0 unspecified atom stereocenters. The number of nitrogens with zero attached hydrogens (tertiary/aromatic N) is 1. The van der Waals surface area contributed by atoms with E-state index < -0.39 is 28.7 Å². The summed E-state index contributed by atoms with van der Waals surface area (Å²) in [4.78, 5) is 3.38. The molecular formula is C7H7F3N2O3S. The largest absolute Gasteiger partial charge is 0.417 e. The molecule has 0 radical (unpaired) electrons. The fourth-order valence-corrected chi connectivity index (χ4v) is 1.11. The summed E-state index contributed by atoms with van der Waals surface area (Å²) in [7, 11) is -4.12. The van der Waals surface area contributed by atoms with Crippen molar-refractivity contribution in [2.75, 3.05) is 0 Å². The highest BCUT2D eigenvalue weighted by Gasteiger charge is 2.30. The SMILES string of the molecule is NS(=O)(=O)OCc1ccc(C(F)(F)F)cn1. The van der Waals surface area contributed by atoms with Crippen LogP contribution in [-0.4, -0.2) is 13.4 Å². The molecule has 1 aromatic heterocycles. The van der Waals surface area contributed by atoms with Crippen molar-refractivity contribution >= 4 is 10.3 Å². The Morgan fingerprint density at radius 1 is 1.38 bits per heavy atom. The lowest BCUT2D eigenvalue weighted by atomic mass is 10.2. The molecule has 0 aliphatic rings. The molecule has 0 aliphatic heterocycles. The third-order valence-electron chi connectivity index (χ3n) is 1.52. The van der Waals surface area contributed by atoms with E-state index in [1.807, 2.05) is 0 Å². The second-order valence-electron chi connectivity index (χ2n) is 2.79. The second kappa shape index (κ2) is 4.36. The van der Waals surface area contributed by atoms with E-state index in [-0.39, 0.29) is 5.69 Å². The zero-order valence-electron chi connectivity index (χ0n) is 7.73. The van der Waals surface area contributed by atoms with Gasteiger partial charge in [-0.3, -0.25) is 9.17 Å². The summed E-state index contributed by atoms with van der Waals surface area (Å²) in [5.41, 5.74) is -0.895. The Kier molecular flexibility index (Phi) is 3.51. The number of halogens is 3. The van der Waals surface area contributed by atoms with E-state index in [9.17, 15) is 21.6 Å². The number of nitrogens with two attached hydrogens (primary N) is 1. The maximum absolute atomic E-state index is 12.1. The predicted molar refractivity (Wildman–Crippen MR) is 47.1 cm³/mol. The third kappa shape index (κ3) is 4.13. The summed E-state index contributed by atoms with van der Waals surface area (Å²) < 4.78 is 61.2. The van der Waals surface area contributed by atoms with Gasteiger partial charge in [0.2, 0.25) is 0 Å². The zero-order valence-corrected chi connectivity index (χ0v) is 8.55.